The van der Waals surface area contributed by atoms with Gasteiger partial charge in [-0.1, -0.05) is 29.8 Å². The number of methoxy groups -OCH3 is 2. The molecule has 5 nitrogen and oxygen atoms in total. The van der Waals surface area contributed by atoms with Gasteiger partial charge in [-0.15, -0.1) is 0 Å². The van der Waals surface area contributed by atoms with Crippen molar-refractivity contribution in [3.63, 3.8) is 0 Å². The van der Waals surface area contributed by atoms with Gasteiger partial charge in [0.25, 0.3) is 0 Å². The SMILES string of the molecule is COC(=O)C1=C(C)NC(C)=C(C(=O)OC)C1/C=C(/Cl)c1ccc(F)cc1. The molecule has 2 rings (SSSR count). The highest BCUT2D eigenvalue weighted by molar-refractivity contribution is 6.48. The first-order valence-corrected chi connectivity index (χ1v) is 8.16. The summed E-state index contributed by atoms with van der Waals surface area (Å²) in [6.45, 7) is 3.41. The van der Waals surface area contributed by atoms with Crippen LogP contribution in [0.2, 0.25) is 0 Å². The first kappa shape index (κ1) is 19.7. The van der Waals surface area contributed by atoms with Crippen molar-refractivity contribution < 1.29 is 23.5 Å². The van der Waals surface area contributed by atoms with Gasteiger partial charge < -0.3 is 14.8 Å². The lowest BCUT2D eigenvalue weighted by Crippen LogP contribution is -2.32. The van der Waals surface area contributed by atoms with E-state index in [9.17, 15) is 14.0 Å². The number of halogens is 2. The summed E-state index contributed by atoms with van der Waals surface area (Å²) < 4.78 is 22.8. The maximum atomic E-state index is 13.1. The van der Waals surface area contributed by atoms with Crippen molar-refractivity contribution in [1.29, 1.82) is 0 Å². The summed E-state index contributed by atoms with van der Waals surface area (Å²) >= 11 is 6.38. The Bertz CT molecular complexity index is 786. The lowest BCUT2D eigenvalue weighted by molar-refractivity contribution is -0.137. The van der Waals surface area contributed by atoms with Crippen LogP contribution in [0.1, 0.15) is 19.4 Å². The van der Waals surface area contributed by atoms with Crippen molar-refractivity contribution in [1.82, 2.24) is 5.32 Å². The van der Waals surface area contributed by atoms with E-state index in [0.29, 0.717) is 17.0 Å². The minimum absolute atomic E-state index is 0.249. The second-order valence-electron chi connectivity index (χ2n) is 5.68. The van der Waals surface area contributed by atoms with Gasteiger partial charge >= 0.3 is 11.9 Å². The topological polar surface area (TPSA) is 64.6 Å². The molecule has 0 atom stereocenters. The summed E-state index contributed by atoms with van der Waals surface area (Å²) in [5, 5.41) is 3.26. The number of benzene rings is 1. The van der Waals surface area contributed by atoms with Crippen LogP contribution in [0.25, 0.3) is 5.03 Å². The molecule has 26 heavy (non-hydrogen) atoms. The van der Waals surface area contributed by atoms with Crippen LogP contribution in [0.15, 0.2) is 52.9 Å². The predicted molar refractivity (Wildman–Crippen MR) is 96.3 cm³/mol. The van der Waals surface area contributed by atoms with Gasteiger partial charge in [0.05, 0.1) is 25.4 Å². The number of carbonyl (C=O) groups is 2. The van der Waals surface area contributed by atoms with Crippen molar-refractivity contribution in [2.45, 2.75) is 13.8 Å². The van der Waals surface area contributed by atoms with Crippen molar-refractivity contribution in [2.24, 2.45) is 5.92 Å². The lowest BCUT2D eigenvalue weighted by Gasteiger charge is -2.28. The molecule has 1 aliphatic heterocycles. The summed E-state index contributed by atoms with van der Waals surface area (Å²) in [6, 6.07) is 5.58. The smallest absolute Gasteiger partial charge is 0.336 e. The van der Waals surface area contributed by atoms with Crippen LogP contribution in [0.3, 0.4) is 0 Å². The molecule has 1 N–H and O–H groups in total. The van der Waals surface area contributed by atoms with E-state index in [1.807, 2.05) is 0 Å². The Morgan fingerprint density at radius 2 is 1.50 bits per heavy atom. The van der Waals surface area contributed by atoms with Crippen LogP contribution < -0.4 is 5.32 Å². The molecule has 1 heterocycles. The molecule has 0 aromatic heterocycles. The first-order valence-electron chi connectivity index (χ1n) is 7.78. The van der Waals surface area contributed by atoms with Gasteiger partial charge in [0, 0.05) is 22.3 Å². The van der Waals surface area contributed by atoms with E-state index in [1.54, 1.807) is 19.9 Å². The summed E-state index contributed by atoms with van der Waals surface area (Å²) in [6.07, 6.45) is 1.56. The molecule has 0 amide bonds. The fourth-order valence-corrected chi connectivity index (χ4v) is 3.08. The molecular formula is C19H19ClFNO4. The quantitative estimate of drug-likeness (QED) is 0.811. The Hall–Kier alpha value is -2.60. The third-order valence-corrected chi connectivity index (χ3v) is 4.39. The third kappa shape index (κ3) is 3.96. The number of carbonyl (C=O) groups excluding carboxylic acids is 2. The fourth-order valence-electron chi connectivity index (χ4n) is 2.83. The van der Waals surface area contributed by atoms with Gasteiger partial charge in [-0.25, -0.2) is 14.0 Å². The van der Waals surface area contributed by atoms with Crippen molar-refractivity contribution >= 4 is 28.6 Å². The molecule has 1 aromatic carbocycles. The van der Waals surface area contributed by atoms with Crippen molar-refractivity contribution in [3.05, 3.63) is 64.3 Å². The van der Waals surface area contributed by atoms with Gasteiger partial charge in [0.2, 0.25) is 0 Å². The normalized spacial score (nSPS) is 15.7. The largest absolute Gasteiger partial charge is 0.466 e. The molecule has 138 valence electrons. The monoisotopic (exact) mass is 379 g/mol. The zero-order valence-electron chi connectivity index (χ0n) is 14.9. The number of allylic oxidation sites excluding steroid dienone is 3. The zero-order chi connectivity index (χ0) is 19.4. The Morgan fingerprint density at radius 3 is 1.92 bits per heavy atom. The Labute approximate surface area is 156 Å². The van der Waals surface area contributed by atoms with E-state index >= 15 is 0 Å². The van der Waals surface area contributed by atoms with Gasteiger partial charge in [-0.2, -0.15) is 0 Å². The highest BCUT2D eigenvalue weighted by Gasteiger charge is 2.35. The fraction of sp³-hybridized carbons (Fsp3) is 0.263. The summed E-state index contributed by atoms with van der Waals surface area (Å²) in [7, 11) is 2.52. The molecule has 7 heteroatoms. The molecule has 1 aromatic rings. The van der Waals surface area contributed by atoms with E-state index < -0.39 is 23.7 Å². The van der Waals surface area contributed by atoms with Crippen LogP contribution in [0, 0.1) is 11.7 Å². The number of nitrogens with one attached hydrogen (secondary N) is 1. The maximum Gasteiger partial charge on any atom is 0.336 e. The van der Waals surface area contributed by atoms with Gasteiger partial charge in [0.15, 0.2) is 0 Å². The molecule has 0 aliphatic carbocycles. The Morgan fingerprint density at radius 1 is 1.04 bits per heavy atom. The van der Waals surface area contributed by atoms with Crippen molar-refractivity contribution in [3.8, 4) is 0 Å². The highest BCUT2D eigenvalue weighted by atomic mass is 35.5. The molecule has 0 saturated carbocycles. The first-order chi connectivity index (χ1) is 12.3. The number of rotatable bonds is 4. The minimum atomic E-state index is -0.770. The standard InChI is InChI=1S/C19H19ClFNO4/c1-10-16(18(23)25-3)14(17(11(2)22-10)19(24)26-4)9-15(20)12-5-7-13(21)8-6-12/h5-9,14,22H,1-4H3/b15-9+. The number of hydrogen-bond donors (Lipinski definition) is 1. The summed E-state index contributed by atoms with van der Waals surface area (Å²) in [5.74, 6) is -2.34. The Balaban J connectivity index is 2.60. The molecule has 0 unspecified atom stereocenters. The van der Waals surface area contributed by atoms with Gasteiger partial charge in [-0.3, -0.25) is 0 Å². The molecule has 0 bridgehead atoms. The van der Waals surface area contributed by atoms with Crippen molar-refractivity contribution in [2.75, 3.05) is 14.2 Å². The highest BCUT2D eigenvalue weighted by Crippen LogP contribution is 2.35. The molecule has 0 fully saturated rings. The Kier molecular flexibility index (Phi) is 6.21. The summed E-state index contributed by atoms with van der Waals surface area (Å²) in [5.41, 5.74) is 2.14. The van der Waals surface area contributed by atoms with E-state index in [1.165, 1.54) is 38.5 Å². The lowest BCUT2D eigenvalue weighted by atomic mass is 9.84. The van der Waals surface area contributed by atoms with E-state index in [-0.39, 0.29) is 16.2 Å². The number of hydrogen-bond acceptors (Lipinski definition) is 5. The number of esters is 2. The second kappa shape index (κ2) is 8.19. The second-order valence-corrected chi connectivity index (χ2v) is 6.09. The van der Waals surface area contributed by atoms with Gasteiger partial charge in [0.1, 0.15) is 5.82 Å². The molecule has 1 aliphatic rings. The number of dihydropyridines is 1. The number of ether oxygens (including phenoxy) is 2. The minimum Gasteiger partial charge on any atom is -0.466 e. The average Bonchev–Trinajstić information content (AvgIpc) is 2.61. The van der Waals surface area contributed by atoms with E-state index in [4.69, 9.17) is 21.1 Å². The van der Waals surface area contributed by atoms with E-state index in [0.717, 1.165) is 0 Å². The molecular weight excluding hydrogens is 361 g/mol. The van der Waals surface area contributed by atoms with Gasteiger partial charge in [-0.05, 0) is 31.5 Å². The van der Waals surface area contributed by atoms with Crippen LogP contribution in [0.5, 0.6) is 0 Å². The third-order valence-electron chi connectivity index (χ3n) is 4.05. The van der Waals surface area contributed by atoms with Crippen LogP contribution in [-0.2, 0) is 19.1 Å². The summed E-state index contributed by atoms with van der Waals surface area (Å²) in [4.78, 5) is 24.6. The van der Waals surface area contributed by atoms with Crippen LogP contribution in [0.4, 0.5) is 4.39 Å². The average molecular weight is 380 g/mol. The zero-order valence-corrected chi connectivity index (χ0v) is 15.6. The molecule has 0 saturated heterocycles. The molecule has 0 spiro atoms. The van der Waals surface area contributed by atoms with Crippen LogP contribution >= 0.6 is 11.6 Å². The predicted octanol–water partition coefficient (Wildman–Crippen LogP) is 3.52. The molecule has 0 radical (unpaired) electrons. The maximum absolute atomic E-state index is 13.1. The van der Waals surface area contributed by atoms with Crippen LogP contribution in [-0.4, -0.2) is 26.2 Å². The van der Waals surface area contributed by atoms with E-state index in [2.05, 4.69) is 5.32 Å².